The average molecular weight is 366 g/mol. The number of halogens is 1. The molecule has 0 amide bonds. The zero-order valence-electron chi connectivity index (χ0n) is 15.0. The van der Waals surface area contributed by atoms with Crippen LogP contribution in [0.25, 0.3) is 11.4 Å². The molecule has 1 heterocycles. The van der Waals surface area contributed by atoms with Crippen molar-refractivity contribution in [3.8, 4) is 11.4 Å². The summed E-state index contributed by atoms with van der Waals surface area (Å²) in [5.74, 6) is 1.07. The maximum atomic E-state index is 13.4. The predicted octanol–water partition coefficient (Wildman–Crippen LogP) is 3.96. The van der Waals surface area contributed by atoms with Crippen LogP contribution < -0.4 is 16.4 Å². The number of hydrogen-bond donors (Lipinski definition) is 3. The summed E-state index contributed by atoms with van der Waals surface area (Å²) in [4.78, 5) is 13.4. The van der Waals surface area contributed by atoms with E-state index in [9.17, 15) is 4.39 Å². The van der Waals surface area contributed by atoms with Gasteiger partial charge in [0.2, 0.25) is 11.9 Å². The highest BCUT2D eigenvalue weighted by molar-refractivity contribution is 5.60. The summed E-state index contributed by atoms with van der Waals surface area (Å²) in [6, 6.07) is 15.8. The highest BCUT2D eigenvalue weighted by atomic mass is 19.1. The molecule has 4 N–H and O–H groups in total. The minimum absolute atomic E-state index is 0.324. The Bertz CT molecular complexity index is 856. The van der Waals surface area contributed by atoms with Crippen molar-refractivity contribution < 1.29 is 4.39 Å². The number of aromatic nitrogens is 3. The Morgan fingerprint density at radius 3 is 2.44 bits per heavy atom. The van der Waals surface area contributed by atoms with Gasteiger partial charge >= 0.3 is 0 Å². The summed E-state index contributed by atoms with van der Waals surface area (Å²) >= 11 is 0. The van der Waals surface area contributed by atoms with Crippen LogP contribution in [-0.2, 0) is 0 Å². The van der Waals surface area contributed by atoms with E-state index in [1.165, 1.54) is 12.1 Å². The molecule has 1 aromatic heterocycles. The molecular weight excluding hydrogens is 343 g/mol. The van der Waals surface area contributed by atoms with Gasteiger partial charge in [0.1, 0.15) is 5.82 Å². The van der Waals surface area contributed by atoms with Crippen LogP contribution in [0.5, 0.6) is 0 Å². The van der Waals surface area contributed by atoms with Gasteiger partial charge in [0.05, 0.1) is 0 Å². The third kappa shape index (κ3) is 5.72. The van der Waals surface area contributed by atoms with Gasteiger partial charge in [0.15, 0.2) is 5.82 Å². The molecule has 0 spiro atoms. The van der Waals surface area contributed by atoms with Gasteiger partial charge in [-0.25, -0.2) is 4.39 Å². The van der Waals surface area contributed by atoms with Crippen molar-refractivity contribution in [2.45, 2.75) is 19.3 Å². The molecule has 2 aromatic carbocycles. The first-order chi connectivity index (χ1) is 13.2. The number of unbranched alkanes of at least 4 members (excludes halogenated alkanes) is 2. The highest BCUT2D eigenvalue weighted by Gasteiger charge is 2.09. The molecule has 0 saturated carbocycles. The van der Waals surface area contributed by atoms with Gasteiger partial charge in [-0.1, -0.05) is 42.8 Å². The van der Waals surface area contributed by atoms with Crippen molar-refractivity contribution in [2.24, 2.45) is 5.73 Å². The van der Waals surface area contributed by atoms with Gasteiger partial charge in [-0.3, -0.25) is 0 Å². The van der Waals surface area contributed by atoms with Crippen molar-refractivity contribution in [2.75, 3.05) is 23.7 Å². The second-order valence-electron chi connectivity index (χ2n) is 6.08. The normalized spacial score (nSPS) is 10.6. The lowest BCUT2D eigenvalue weighted by Crippen LogP contribution is -2.10. The SMILES string of the molecule is NCCCCCNc1nc(Nc2cccc(F)c2)nc(-c2ccccc2)n1. The van der Waals surface area contributed by atoms with Gasteiger partial charge in [0, 0.05) is 17.8 Å². The standard InChI is InChI=1S/C20H23FN6/c21-16-10-7-11-17(14-16)24-20-26-18(15-8-3-1-4-9-15)25-19(27-20)23-13-6-2-5-12-22/h1,3-4,7-11,14H,2,5-6,12-13,22H2,(H2,23,24,25,26,27). The van der Waals surface area contributed by atoms with Crippen LogP contribution in [0.3, 0.4) is 0 Å². The number of anilines is 3. The van der Waals surface area contributed by atoms with E-state index < -0.39 is 0 Å². The molecule has 0 saturated heterocycles. The Kier molecular flexibility index (Phi) is 6.65. The maximum absolute atomic E-state index is 13.4. The van der Waals surface area contributed by atoms with Crippen LogP contribution in [0, 0.1) is 5.82 Å². The molecule has 3 aromatic rings. The molecule has 0 bridgehead atoms. The van der Waals surface area contributed by atoms with Gasteiger partial charge in [-0.05, 0) is 37.6 Å². The average Bonchev–Trinajstić information content (AvgIpc) is 2.68. The van der Waals surface area contributed by atoms with Crippen LogP contribution in [-0.4, -0.2) is 28.0 Å². The molecule has 0 fully saturated rings. The van der Waals surface area contributed by atoms with Crippen molar-refractivity contribution in [1.29, 1.82) is 0 Å². The van der Waals surface area contributed by atoms with Gasteiger partial charge in [-0.2, -0.15) is 15.0 Å². The number of rotatable bonds is 9. The molecule has 0 radical (unpaired) electrons. The van der Waals surface area contributed by atoms with Crippen LogP contribution >= 0.6 is 0 Å². The van der Waals surface area contributed by atoms with Crippen molar-refractivity contribution in [3.05, 3.63) is 60.4 Å². The fourth-order valence-electron chi connectivity index (χ4n) is 2.57. The molecule has 140 valence electrons. The predicted molar refractivity (Wildman–Crippen MR) is 106 cm³/mol. The molecule has 27 heavy (non-hydrogen) atoms. The molecule has 7 heteroatoms. The molecule has 6 nitrogen and oxygen atoms in total. The fourth-order valence-corrected chi connectivity index (χ4v) is 2.57. The third-order valence-corrected chi connectivity index (χ3v) is 3.91. The summed E-state index contributed by atoms with van der Waals surface area (Å²) in [6.07, 6.45) is 3.03. The van der Waals surface area contributed by atoms with E-state index in [0.717, 1.165) is 31.4 Å². The topological polar surface area (TPSA) is 88.8 Å². The molecule has 0 aliphatic carbocycles. The Labute approximate surface area is 158 Å². The second kappa shape index (κ2) is 9.59. The fraction of sp³-hybridized carbons (Fsp3) is 0.250. The Balaban J connectivity index is 1.81. The first-order valence-corrected chi connectivity index (χ1v) is 9.02. The Morgan fingerprint density at radius 2 is 1.67 bits per heavy atom. The van der Waals surface area contributed by atoms with E-state index in [2.05, 4.69) is 25.6 Å². The largest absolute Gasteiger partial charge is 0.354 e. The number of benzene rings is 2. The second-order valence-corrected chi connectivity index (χ2v) is 6.08. The highest BCUT2D eigenvalue weighted by Crippen LogP contribution is 2.20. The van der Waals surface area contributed by atoms with Crippen molar-refractivity contribution >= 4 is 17.6 Å². The number of nitrogens with one attached hydrogen (secondary N) is 2. The molecule has 0 unspecified atom stereocenters. The van der Waals surface area contributed by atoms with E-state index in [0.29, 0.717) is 30.0 Å². The van der Waals surface area contributed by atoms with Crippen LogP contribution in [0.2, 0.25) is 0 Å². The van der Waals surface area contributed by atoms with Gasteiger partial charge in [-0.15, -0.1) is 0 Å². The maximum Gasteiger partial charge on any atom is 0.232 e. The van der Waals surface area contributed by atoms with Crippen molar-refractivity contribution in [1.82, 2.24) is 15.0 Å². The Morgan fingerprint density at radius 1 is 0.852 bits per heavy atom. The van der Waals surface area contributed by atoms with E-state index in [4.69, 9.17) is 5.73 Å². The van der Waals surface area contributed by atoms with E-state index in [1.807, 2.05) is 30.3 Å². The number of hydrogen-bond acceptors (Lipinski definition) is 6. The lowest BCUT2D eigenvalue weighted by atomic mass is 10.2. The van der Waals surface area contributed by atoms with E-state index >= 15 is 0 Å². The Hall–Kier alpha value is -3.06. The van der Waals surface area contributed by atoms with Gasteiger partial charge < -0.3 is 16.4 Å². The third-order valence-electron chi connectivity index (χ3n) is 3.91. The lowest BCUT2D eigenvalue weighted by Gasteiger charge is -2.10. The summed E-state index contributed by atoms with van der Waals surface area (Å²) in [7, 11) is 0. The quantitative estimate of drug-likeness (QED) is 0.497. The van der Waals surface area contributed by atoms with Crippen LogP contribution in [0.1, 0.15) is 19.3 Å². The summed E-state index contributed by atoms with van der Waals surface area (Å²) in [5.41, 5.74) is 6.98. The van der Waals surface area contributed by atoms with Crippen LogP contribution in [0.4, 0.5) is 22.0 Å². The summed E-state index contributed by atoms with van der Waals surface area (Å²) in [6.45, 7) is 1.45. The lowest BCUT2D eigenvalue weighted by molar-refractivity contribution is 0.628. The molecule has 3 rings (SSSR count). The molecule has 0 aliphatic rings. The molecule has 0 aliphatic heterocycles. The van der Waals surface area contributed by atoms with Crippen molar-refractivity contribution in [3.63, 3.8) is 0 Å². The zero-order chi connectivity index (χ0) is 18.9. The zero-order valence-corrected chi connectivity index (χ0v) is 15.0. The van der Waals surface area contributed by atoms with E-state index in [-0.39, 0.29) is 5.82 Å². The first kappa shape index (κ1) is 18.7. The minimum Gasteiger partial charge on any atom is -0.354 e. The van der Waals surface area contributed by atoms with Gasteiger partial charge in [0.25, 0.3) is 0 Å². The number of nitrogens with zero attached hydrogens (tertiary/aromatic N) is 3. The number of nitrogens with two attached hydrogens (primary N) is 1. The summed E-state index contributed by atoms with van der Waals surface area (Å²) in [5, 5.41) is 6.28. The first-order valence-electron chi connectivity index (χ1n) is 9.02. The summed E-state index contributed by atoms with van der Waals surface area (Å²) < 4.78 is 13.4. The minimum atomic E-state index is -0.324. The monoisotopic (exact) mass is 366 g/mol. The smallest absolute Gasteiger partial charge is 0.232 e. The van der Waals surface area contributed by atoms with E-state index in [1.54, 1.807) is 12.1 Å². The molecule has 0 atom stereocenters. The molecular formula is C20H23FN6. The van der Waals surface area contributed by atoms with Crippen LogP contribution in [0.15, 0.2) is 54.6 Å².